The van der Waals surface area contributed by atoms with Gasteiger partial charge in [0.05, 0.1) is 11.7 Å². The van der Waals surface area contributed by atoms with E-state index in [0.717, 1.165) is 33.0 Å². The number of rotatable bonds is 3. The van der Waals surface area contributed by atoms with Gasteiger partial charge in [0.2, 0.25) is 0 Å². The van der Waals surface area contributed by atoms with E-state index in [9.17, 15) is 0 Å². The lowest BCUT2D eigenvalue weighted by molar-refractivity contribution is 0.785. The lowest BCUT2D eigenvalue weighted by Crippen LogP contribution is -2.42. The number of thiocarbonyl (C=S) groups is 1. The summed E-state index contributed by atoms with van der Waals surface area (Å²) in [7, 11) is 0. The molecule has 0 saturated carbocycles. The van der Waals surface area contributed by atoms with Crippen LogP contribution in [0.15, 0.2) is 84.9 Å². The summed E-state index contributed by atoms with van der Waals surface area (Å²) in [4.78, 5) is 0. The summed E-state index contributed by atoms with van der Waals surface area (Å²) < 4.78 is 0. The van der Waals surface area contributed by atoms with Gasteiger partial charge in [0, 0.05) is 10.6 Å². The molecule has 4 rings (SSSR count). The Bertz CT molecular complexity index is 968. The van der Waals surface area contributed by atoms with Crippen LogP contribution in [0.2, 0.25) is 5.02 Å². The normalized spacial score (nSPS) is 16.8. The molecule has 3 aromatic carbocycles. The molecule has 0 spiro atoms. The van der Waals surface area contributed by atoms with Gasteiger partial charge in [-0.25, -0.2) is 0 Å². The Hall–Kier alpha value is -2.62. The van der Waals surface area contributed by atoms with Crippen LogP contribution in [0.3, 0.4) is 0 Å². The number of halogens is 1. The van der Waals surface area contributed by atoms with Crippen molar-refractivity contribution >= 4 is 40.2 Å². The molecule has 2 nitrogen and oxygen atoms in total. The van der Waals surface area contributed by atoms with Crippen LogP contribution in [0.25, 0.3) is 11.3 Å². The van der Waals surface area contributed by atoms with Crippen molar-refractivity contribution in [3.05, 3.63) is 107 Å². The number of hydrogen-bond donors (Lipinski definition) is 2. The van der Waals surface area contributed by atoms with E-state index in [4.69, 9.17) is 23.8 Å². The third-order valence-electron chi connectivity index (χ3n) is 4.44. The van der Waals surface area contributed by atoms with Crippen LogP contribution in [0.1, 0.15) is 22.7 Å². The van der Waals surface area contributed by atoms with Gasteiger partial charge in [-0.15, -0.1) is 0 Å². The van der Waals surface area contributed by atoms with Crippen LogP contribution in [0.5, 0.6) is 0 Å². The van der Waals surface area contributed by atoms with E-state index in [1.165, 1.54) is 0 Å². The van der Waals surface area contributed by atoms with Gasteiger partial charge in [0.15, 0.2) is 5.11 Å². The van der Waals surface area contributed by atoms with Crippen LogP contribution >= 0.6 is 23.8 Å². The van der Waals surface area contributed by atoms with Crippen LogP contribution in [-0.4, -0.2) is 5.11 Å². The van der Waals surface area contributed by atoms with Gasteiger partial charge in [0.25, 0.3) is 0 Å². The number of benzene rings is 3. The summed E-state index contributed by atoms with van der Waals surface area (Å²) in [6.45, 7) is 0. The molecule has 1 aliphatic heterocycles. The Morgan fingerprint density at radius 1 is 0.731 bits per heavy atom. The fraction of sp³-hybridized carbons (Fsp3) is 0.0455. The minimum absolute atomic E-state index is 0.130. The highest BCUT2D eigenvalue weighted by Gasteiger charge is 2.29. The maximum absolute atomic E-state index is 6.53. The van der Waals surface area contributed by atoms with Gasteiger partial charge in [-0.1, -0.05) is 90.5 Å². The lowest BCUT2D eigenvalue weighted by Gasteiger charge is -2.33. The summed E-state index contributed by atoms with van der Waals surface area (Å²) in [6, 6.07) is 28.3. The fourth-order valence-electron chi connectivity index (χ4n) is 3.27. The zero-order valence-electron chi connectivity index (χ0n) is 13.9. The molecule has 128 valence electrons. The summed E-state index contributed by atoms with van der Waals surface area (Å²) in [5, 5.41) is 8.07. The monoisotopic (exact) mass is 376 g/mol. The SMILES string of the molecule is S=C1NC(c2ccccc2)=C(c2ccccc2)C(c2ccccc2Cl)N1. The summed E-state index contributed by atoms with van der Waals surface area (Å²) >= 11 is 12.0. The van der Waals surface area contributed by atoms with Gasteiger partial charge in [0.1, 0.15) is 0 Å². The van der Waals surface area contributed by atoms with Crippen LogP contribution in [0, 0.1) is 0 Å². The molecule has 2 N–H and O–H groups in total. The maximum Gasteiger partial charge on any atom is 0.171 e. The zero-order chi connectivity index (χ0) is 17.9. The quantitative estimate of drug-likeness (QED) is 0.596. The zero-order valence-corrected chi connectivity index (χ0v) is 15.5. The van der Waals surface area contributed by atoms with E-state index in [-0.39, 0.29) is 6.04 Å². The molecule has 1 aliphatic rings. The van der Waals surface area contributed by atoms with Crippen molar-refractivity contribution in [2.45, 2.75) is 6.04 Å². The second-order valence-corrected chi connectivity index (χ2v) is 6.89. The second-order valence-electron chi connectivity index (χ2n) is 6.07. The first-order valence-corrected chi connectivity index (χ1v) is 9.19. The molecule has 0 amide bonds. The van der Waals surface area contributed by atoms with Gasteiger partial charge in [-0.3, -0.25) is 0 Å². The van der Waals surface area contributed by atoms with Crippen molar-refractivity contribution in [3.8, 4) is 0 Å². The summed E-state index contributed by atoms with van der Waals surface area (Å²) in [5.41, 5.74) is 5.35. The first-order valence-electron chi connectivity index (χ1n) is 8.41. The molecule has 0 aromatic heterocycles. The van der Waals surface area contributed by atoms with Crippen molar-refractivity contribution in [1.82, 2.24) is 10.6 Å². The summed E-state index contributed by atoms with van der Waals surface area (Å²) in [6.07, 6.45) is 0. The first-order chi connectivity index (χ1) is 12.7. The van der Waals surface area contributed by atoms with Crippen molar-refractivity contribution < 1.29 is 0 Å². The minimum atomic E-state index is -0.130. The summed E-state index contributed by atoms with van der Waals surface area (Å²) in [5.74, 6) is 0. The van der Waals surface area contributed by atoms with E-state index >= 15 is 0 Å². The van der Waals surface area contributed by atoms with Crippen molar-refractivity contribution in [2.75, 3.05) is 0 Å². The molecule has 0 fully saturated rings. The van der Waals surface area contributed by atoms with Crippen molar-refractivity contribution in [3.63, 3.8) is 0 Å². The highest BCUT2D eigenvalue weighted by atomic mass is 35.5. The average Bonchev–Trinajstić information content (AvgIpc) is 2.69. The van der Waals surface area contributed by atoms with Crippen molar-refractivity contribution in [2.24, 2.45) is 0 Å². The topological polar surface area (TPSA) is 24.1 Å². The molecule has 0 aliphatic carbocycles. The molecule has 1 atom stereocenters. The molecule has 0 saturated heterocycles. The standard InChI is InChI=1S/C22H17ClN2S/c23-18-14-8-7-13-17(18)21-19(15-9-3-1-4-10-15)20(24-22(26)25-21)16-11-5-2-6-12-16/h1-14,21H,(H2,24,25,26). The first kappa shape index (κ1) is 16.8. The molecule has 0 radical (unpaired) electrons. The van der Waals surface area contributed by atoms with Crippen molar-refractivity contribution in [1.29, 1.82) is 0 Å². The van der Waals surface area contributed by atoms with E-state index in [0.29, 0.717) is 5.11 Å². The van der Waals surface area contributed by atoms with Gasteiger partial charge in [-0.2, -0.15) is 0 Å². The van der Waals surface area contributed by atoms with Gasteiger partial charge >= 0.3 is 0 Å². The predicted molar refractivity (Wildman–Crippen MR) is 113 cm³/mol. The van der Waals surface area contributed by atoms with Crippen LogP contribution in [0.4, 0.5) is 0 Å². The van der Waals surface area contributed by atoms with E-state index in [1.54, 1.807) is 0 Å². The van der Waals surface area contributed by atoms with Crippen LogP contribution < -0.4 is 10.6 Å². The molecule has 26 heavy (non-hydrogen) atoms. The molecule has 3 aromatic rings. The molecule has 4 heteroatoms. The third-order valence-corrected chi connectivity index (χ3v) is 5.00. The fourth-order valence-corrected chi connectivity index (χ4v) is 3.73. The van der Waals surface area contributed by atoms with E-state index in [1.807, 2.05) is 60.7 Å². The molecule has 0 bridgehead atoms. The number of nitrogens with one attached hydrogen (secondary N) is 2. The minimum Gasteiger partial charge on any atom is -0.351 e. The molecular weight excluding hydrogens is 360 g/mol. The Morgan fingerprint density at radius 3 is 1.96 bits per heavy atom. The maximum atomic E-state index is 6.53. The average molecular weight is 377 g/mol. The van der Waals surface area contributed by atoms with E-state index < -0.39 is 0 Å². The lowest BCUT2D eigenvalue weighted by atomic mass is 9.88. The Balaban J connectivity index is 1.98. The predicted octanol–water partition coefficient (Wildman–Crippen LogP) is 5.43. The van der Waals surface area contributed by atoms with Gasteiger partial charge < -0.3 is 10.6 Å². The number of hydrogen-bond acceptors (Lipinski definition) is 1. The Kier molecular flexibility index (Phi) is 4.74. The van der Waals surface area contributed by atoms with Crippen LogP contribution in [-0.2, 0) is 0 Å². The van der Waals surface area contributed by atoms with E-state index in [2.05, 4.69) is 34.9 Å². The molecule has 1 heterocycles. The highest BCUT2D eigenvalue weighted by molar-refractivity contribution is 7.80. The Labute approximate surface area is 163 Å². The third kappa shape index (κ3) is 3.24. The molecular formula is C22H17ClN2S. The second kappa shape index (κ2) is 7.32. The highest BCUT2D eigenvalue weighted by Crippen LogP contribution is 2.39. The Morgan fingerprint density at radius 2 is 1.31 bits per heavy atom. The van der Waals surface area contributed by atoms with Gasteiger partial charge in [-0.05, 0) is 35.0 Å². The smallest absolute Gasteiger partial charge is 0.171 e. The largest absolute Gasteiger partial charge is 0.351 e. The molecule has 1 unspecified atom stereocenters.